The van der Waals surface area contributed by atoms with Crippen molar-refractivity contribution >= 4 is 23.3 Å². The van der Waals surface area contributed by atoms with Crippen LogP contribution in [0.5, 0.6) is 0 Å². The number of aryl methyl sites for hydroxylation is 1. The number of ether oxygens (including phenoxy) is 1. The molecule has 23 heavy (non-hydrogen) atoms. The molecule has 0 amide bonds. The fourth-order valence-electron chi connectivity index (χ4n) is 2.67. The molecule has 0 radical (unpaired) electrons. The molecule has 118 valence electrons. The average molecular weight is 330 g/mol. The molecule has 1 aliphatic heterocycles. The largest absolute Gasteiger partial charge is 0.378 e. The highest BCUT2D eigenvalue weighted by Gasteiger charge is 2.17. The van der Waals surface area contributed by atoms with Crippen molar-refractivity contribution in [1.29, 1.82) is 0 Å². The van der Waals surface area contributed by atoms with Gasteiger partial charge >= 0.3 is 0 Å². The highest BCUT2D eigenvalue weighted by atomic mass is 35.5. The molecule has 6 nitrogen and oxygen atoms in total. The summed E-state index contributed by atoms with van der Waals surface area (Å²) in [5.74, 6) is 1.31. The van der Waals surface area contributed by atoms with Crippen LogP contribution in [-0.4, -0.2) is 45.9 Å². The second-order valence-corrected chi connectivity index (χ2v) is 5.95. The van der Waals surface area contributed by atoms with Crippen molar-refractivity contribution in [3.05, 3.63) is 41.0 Å². The smallest absolute Gasteiger partial charge is 0.254 e. The quantitative estimate of drug-likeness (QED) is 0.723. The second kappa shape index (κ2) is 5.79. The topological polar surface area (TPSA) is 55.5 Å². The van der Waals surface area contributed by atoms with E-state index < -0.39 is 0 Å². The lowest BCUT2D eigenvalue weighted by Gasteiger charge is -2.25. The molecular weight excluding hydrogens is 314 g/mol. The zero-order valence-corrected chi connectivity index (χ0v) is 13.5. The van der Waals surface area contributed by atoms with Gasteiger partial charge in [-0.2, -0.15) is 9.50 Å². The molecule has 0 aliphatic carbocycles. The van der Waals surface area contributed by atoms with Crippen molar-refractivity contribution in [2.45, 2.75) is 6.92 Å². The van der Waals surface area contributed by atoms with Crippen LogP contribution in [0, 0.1) is 6.92 Å². The van der Waals surface area contributed by atoms with E-state index in [1.54, 1.807) is 4.52 Å². The summed E-state index contributed by atoms with van der Waals surface area (Å²) in [5, 5.41) is 5.29. The lowest BCUT2D eigenvalue weighted by Crippen LogP contribution is -2.36. The Morgan fingerprint density at radius 2 is 1.83 bits per heavy atom. The molecule has 3 aromatic rings. The summed E-state index contributed by atoms with van der Waals surface area (Å²) in [6.45, 7) is 5.03. The van der Waals surface area contributed by atoms with E-state index in [1.165, 1.54) is 0 Å². The third-order valence-electron chi connectivity index (χ3n) is 3.91. The minimum atomic E-state index is 0.608. The molecule has 0 atom stereocenters. The standard InChI is InChI=1S/C16H16ClN5O/c1-11-10-14(12-2-4-13(17)5-3-12)18-15-19-16(20-22(11)15)21-6-8-23-9-7-21/h2-5,10H,6-9H2,1H3. The Morgan fingerprint density at radius 1 is 1.09 bits per heavy atom. The van der Waals surface area contributed by atoms with Gasteiger partial charge in [0.1, 0.15) is 0 Å². The first kappa shape index (κ1) is 14.4. The lowest BCUT2D eigenvalue weighted by molar-refractivity contribution is 0.122. The van der Waals surface area contributed by atoms with Gasteiger partial charge in [0.15, 0.2) is 0 Å². The maximum absolute atomic E-state index is 5.95. The van der Waals surface area contributed by atoms with Crippen molar-refractivity contribution in [2.24, 2.45) is 0 Å². The molecule has 1 aliphatic rings. The van der Waals surface area contributed by atoms with Crippen LogP contribution >= 0.6 is 11.6 Å². The van der Waals surface area contributed by atoms with Crippen LogP contribution in [0.2, 0.25) is 5.02 Å². The van der Waals surface area contributed by atoms with Crippen LogP contribution in [0.15, 0.2) is 30.3 Å². The summed E-state index contributed by atoms with van der Waals surface area (Å²) in [6.07, 6.45) is 0. The Balaban J connectivity index is 1.76. The number of hydrogen-bond donors (Lipinski definition) is 0. The van der Waals surface area contributed by atoms with E-state index >= 15 is 0 Å². The Morgan fingerprint density at radius 3 is 2.57 bits per heavy atom. The summed E-state index contributed by atoms with van der Waals surface area (Å²) in [7, 11) is 0. The van der Waals surface area contributed by atoms with Gasteiger partial charge in [0, 0.05) is 29.4 Å². The third-order valence-corrected chi connectivity index (χ3v) is 4.16. The van der Waals surface area contributed by atoms with Crippen molar-refractivity contribution < 1.29 is 4.74 Å². The molecule has 0 saturated carbocycles. The zero-order valence-electron chi connectivity index (χ0n) is 12.7. The summed E-state index contributed by atoms with van der Waals surface area (Å²) in [6, 6.07) is 9.65. The number of hydrogen-bond acceptors (Lipinski definition) is 5. The fourth-order valence-corrected chi connectivity index (χ4v) is 2.79. The number of morpholine rings is 1. The number of fused-ring (bicyclic) bond motifs is 1. The first-order valence-corrected chi connectivity index (χ1v) is 7.91. The van der Waals surface area contributed by atoms with E-state index in [4.69, 9.17) is 16.3 Å². The molecule has 0 spiro atoms. The van der Waals surface area contributed by atoms with Crippen LogP contribution in [0.25, 0.3) is 17.0 Å². The summed E-state index contributed by atoms with van der Waals surface area (Å²) >= 11 is 5.95. The third kappa shape index (κ3) is 2.75. The maximum atomic E-state index is 5.95. The Hall–Kier alpha value is -2.18. The lowest BCUT2D eigenvalue weighted by atomic mass is 10.1. The first-order chi connectivity index (χ1) is 11.2. The predicted octanol–water partition coefficient (Wildman–Crippen LogP) is 2.59. The van der Waals surface area contributed by atoms with Gasteiger partial charge in [-0.3, -0.25) is 0 Å². The second-order valence-electron chi connectivity index (χ2n) is 5.51. The van der Waals surface area contributed by atoms with E-state index in [0.29, 0.717) is 30.0 Å². The van der Waals surface area contributed by atoms with Crippen LogP contribution in [0.3, 0.4) is 0 Å². The molecule has 0 unspecified atom stereocenters. The molecule has 0 N–H and O–H groups in total. The van der Waals surface area contributed by atoms with E-state index in [2.05, 4.69) is 20.0 Å². The van der Waals surface area contributed by atoms with Gasteiger partial charge in [-0.15, -0.1) is 5.10 Å². The SMILES string of the molecule is Cc1cc(-c2ccc(Cl)cc2)nc2nc(N3CCOCC3)nn12. The van der Waals surface area contributed by atoms with Gasteiger partial charge in [0.2, 0.25) is 5.95 Å². The van der Waals surface area contributed by atoms with Gasteiger partial charge < -0.3 is 9.64 Å². The zero-order chi connectivity index (χ0) is 15.8. The normalized spacial score (nSPS) is 15.3. The molecule has 4 rings (SSSR count). The molecule has 2 aromatic heterocycles. The van der Waals surface area contributed by atoms with Gasteiger partial charge in [-0.25, -0.2) is 4.98 Å². The molecule has 1 saturated heterocycles. The highest BCUT2D eigenvalue weighted by molar-refractivity contribution is 6.30. The van der Waals surface area contributed by atoms with Crippen LogP contribution < -0.4 is 4.90 Å². The van der Waals surface area contributed by atoms with Gasteiger partial charge in [-0.05, 0) is 25.1 Å². The predicted molar refractivity (Wildman–Crippen MR) is 89.0 cm³/mol. The van der Waals surface area contributed by atoms with Gasteiger partial charge in [-0.1, -0.05) is 23.7 Å². The number of rotatable bonds is 2. The minimum absolute atomic E-state index is 0.608. The Kier molecular flexibility index (Phi) is 3.63. The van der Waals surface area contributed by atoms with E-state index in [-0.39, 0.29) is 0 Å². The molecule has 1 aromatic carbocycles. The summed E-state index contributed by atoms with van der Waals surface area (Å²) in [4.78, 5) is 11.4. The maximum Gasteiger partial charge on any atom is 0.254 e. The van der Waals surface area contributed by atoms with Crippen LogP contribution in [0.1, 0.15) is 5.69 Å². The average Bonchev–Trinajstić information content (AvgIpc) is 3.01. The van der Waals surface area contributed by atoms with Crippen molar-refractivity contribution in [1.82, 2.24) is 19.6 Å². The number of halogens is 1. The Labute approximate surface area is 138 Å². The van der Waals surface area contributed by atoms with Gasteiger partial charge in [0.25, 0.3) is 5.78 Å². The molecule has 0 bridgehead atoms. The number of benzene rings is 1. The van der Waals surface area contributed by atoms with Crippen LogP contribution in [-0.2, 0) is 4.74 Å². The number of anilines is 1. The van der Waals surface area contributed by atoms with Crippen molar-refractivity contribution in [3.8, 4) is 11.3 Å². The van der Waals surface area contributed by atoms with E-state index in [0.717, 1.165) is 30.0 Å². The number of nitrogens with zero attached hydrogens (tertiary/aromatic N) is 5. The van der Waals surface area contributed by atoms with Crippen molar-refractivity contribution in [2.75, 3.05) is 31.2 Å². The van der Waals surface area contributed by atoms with Gasteiger partial charge in [0.05, 0.1) is 18.9 Å². The summed E-state index contributed by atoms with van der Waals surface area (Å²) in [5.41, 5.74) is 2.87. The van der Waals surface area contributed by atoms with E-state index in [9.17, 15) is 0 Å². The fraction of sp³-hybridized carbons (Fsp3) is 0.312. The minimum Gasteiger partial charge on any atom is -0.378 e. The first-order valence-electron chi connectivity index (χ1n) is 7.54. The van der Waals surface area contributed by atoms with Crippen LogP contribution in [0.4, 0.5) is 5.95 Å². The highest BCUT2D eigenvalue weighted by Crippen LogP contribution is 2.22. The molecule has 1 fully saturated rings. The number of aromatic nitrogens is 4. The molecule has 7 heteroatoms. The van der Waals surface area contributed by atoms with E-state index in [1.807, 2.05) is 37.3 Å². The molecule has 3 heterocycles. The Bertz CT molecular complexity index is 840. The summed E-state index contributed by atoms with van der Waals surface area (Å²) < 4.78 is 7.16. The molecular formula is C16H16ClN5O. The van der Waals surface area contributed by atoms with Crippen molar-refractivity contribution in [3.63, 3.8) is 0 Å². The monoisotopic (exact) mass is 329 g/mol.